The molecule has 0 aliphatic heterocycles. The standard InChI is InChI=1S/C64H41N3/c1-4-17-46(18-5-1)61-65-62(67-63(66-61)49-37-38-55-54-26-14-15-27-58(54)64(59(55)41-49,50-20-6-2-7-21-50)51-22-8-3-9-23-51)47-34-30-43(31-35-47)42-28-32-45(33-29-42)60-53-25-13-11-19-48(53)40-57-52-24-12-10-16-44(52)36-39-56(57)60/h1-41H. The van der Waals surface area contributed by atoms with Crippen molar-refractivity contribution >= 4 is 32.3 Å². The van der Waals surface area contributed by atoms with Gasteiger partial charge in [0.25, 0.3) is 0 Å². The van der Waals surface area contributed by atoms with E-state index in [1.165, 1.54) is 76.8 Å². The van der Waals surface area contributed by atoms with Crippen LogP contribution in [0, 0.1) is 0 Å². The van der Waals surface area contributed by atoms with Crippen LogP contribution in [0.4, 0.5) is 0 Å². The predicted molar refractivity (Wildman–Crippen MR) is 277 cm³/mol. The third kappa shape index (κ3) is 6.31. The van der Waals surface area contributed by atoms with E-state index in [9.17, 15) is 0 Å². The average molecular weight is 852 g/mol. The summed E-state index contributed by atoms with van der Waals surface area (Å²) >= 11 is 0. The van der Waals surface area contributed by atoms with Crippen molar-refractivity contribution in [2.24, 2.45) is 0 Å². The zero-order chi connectivity index (χ0) is 44.3. The lowest BCUT2D eigenvalue weighted by Crippen LogP contribution is -2.28. The molecular weight excluding hydrogens is 811 g/mol. The van der Waals surface area contributed by atoms with E-state index in [0.29, 0.717) is 17.5 Å². The van der Waals surface area contributed by atoms with Gasteiger partial charge in [0.1, 0.15) is 0 Å². The van der Waals surface area contributed by atoms with Crippen LogP contribution in [0.1, 0.15) is 22.3 Å². The lowest BCUT2D eigenvalue weighted by molar-refractivity contribution is 0.768. The highest BCUT2D eigenvalue weighted by molar-refractivity contribution is 6.20. The average Bonchev–Trinajstić information content (AvgIpc) is 3.71. The quantitative estimate of drug-likeness (QED) is 0.118. The van der Waals surface area contributed by atoms with Crippen LogP contribution in [0.5, 0.6) is 0 Å². The van der Waals surface area contributed by atoms with Gasteiger partial charge in [-0.2, -0.15) is 0 Å². The van der Waals surface area contributed by atoms with E-state index >= 15 is 0 Å². The second-order valence-corrected chi connectivity index (χ2v) is 17.5. The lowest BCUT2D eigenvalue weighted by atomic mass is 9.67. The summed E-state index contributed by atoms with van der Waals surface area (Å²) in [5, 5.41) is 7.56. The molecule has 1 aromatic heterocycles. The highest BCUT2D eigenvalue weighted by Crippen LogP contribution is 2.56. The fraction of sp³-hybridized carbons (Fsp3) is 0.0156. The molecule has 0 amide bonds. The Kier molecular flexibility index (Phi) is 9.07. The highest BCUT2D eigenvalue weighted by Gasteiger charge is 2.46. The molecule has 0 saturated carbocycles. The number of hydrogen-bond acceptors (Lipinski definition) is 3. The van der Waals surface area contributed by atoms with Crippen molar-refractivity contribution in [1.29, 1.82) is 0 Å². The van der Waals surface area contributed by atoms with Crippen molar-refractivity contribution in [3.8, 4) is 67.5 Å². The molecule has 0 saturated heterocycles. The van der Waals surface area contributed by atoms with Gasteiger partial charge in [0.2, 0.25) is 0 Å². The molecule has 3 nitrogen and oxygen atoms in total. The van der Waals surface area contributed by atoms with E-state index in [2.05, 4.69) is 231 Å². The maximum atomic E-state index is 5.26. The second kappa shape index (κ2) is 15.7. The Labute approximate surface area is 389 Å². The molecule has 3 heteroatoms. The Morgan fingerprint density at radius 2 is 0.731 bits per heavy atom. The van der Waals surface area contributed by atoms with Crippen molar-refractivity contribution in [3.05, 3.63) is 271 Å². The fourth-order valence-corrected chi connectivity index (χ4v) is 10.7. The molecule has 0 unspecified atom stereocenters. The van der Waals surface area contributed by atoms with Crippen LogP contribution < -0.4 is 0 Å². The maximum Gasteiger partial charge on any atom is 0.164 e. The van der Waals surface area contributed by atoms with Crippen molar-refractivity contribution in [2.45, 2.75) is 5.41 Å². The lowest BCUT2D eigenvalue weighted by Gasteiger charge is -2.34. The molecule has 1 aliphatic rings. The smallest absolute Gasteiger partial charge is 0.164 e. The molecule has 1 heterocycles. The molecule has 0 fully saturated rings. The summed E-state index contributed by atoms with van der Waals surface area (Å²) in [5.74, 6) is 1.89. The molecule has 0 atom stereocenters. The van der Waals surface area contributed by atoms with Crippen LogP contribution in [-0.2, 0) is 5.41 Å². The van der Waals surface area contributed by atoms with Crippen molar-refractivity contribution < 1.29 is 0 Å². The first kappa shape index (κ1) is 38.6. The minimum atomic E-state index is -0.534. The molecule has 67 heavy (non-hydrogen) atoms. The van der Waals surface area contributed by atoms with Gasteiger partial charge in [0, 0.05) is 16.7 Å². The van der Waals surface area contributed by atoms with Crippen LogP contribution in [0.15, 0.2) is 249 Å². The number of nitrogens with zero attached hydrogens (tertiary/aromatic N) is 3. The minimum absolute atomic E-state index is 0.534. The SMILES string of the molecule is c1ccc(-c2nc(-c3ccc(-c4ccc(-c5c6ccccc6cc6c5ccc5ccccc56)cc4)cc3)nc(-c3ccc4c(c3)C(c3ccccc3)(c3ccccc3)c3ccccc3-4)n2)cc1. The Morgan fingerprint density at radius 3 is 1.40 bits per heavy atom. The van der Waals surface area contributed by atoms with Crippen molar-refractivity contribution in [2.75, 3.05) is 0 Å². The Bertz CT molecular complexity index is 3790. The first-order valence-corrected chi connectivity index (χ1v) is 22.9. The molecule has 13 rings (SSSR count). The summed E-state index contributed by atoms with van der Waals surface area (Å²) in [6.45, 7) is 0. The second-order valence-electron chi connectivity index (χ2n) is 17.5. The number of fused-ring (bicyclic) bond motifs is 7. The van der Waals surface area contributed by atoms with E-state index in [0.717, 1.165) is 27.8 Å². The number of hydrogen-bond donors (Lipinski definition) is 0. The fourth-order valence-electron chi connectivity index (χ4n) is 10.7. The summed E-state index contributed by atoms with van der Waals surface area (Å²) in [6, 6.07) is 89.5. The van der Waals surface area contributed by atoms with Crippen molar-refractivity contribution in [3.63, 3.8) is 0 Å². The minimum Gasteiger partial charge on any atom is -0.208 e. The molecule has 0 bridgehead atoms. The summed E-state index contributed by atoms with van der Waals surface area (Å²) < 4.78 is 0. The summed E-state index contributed by atoms with van der Waals surface area (Å²) in [5.41, 5.74) is 14.4. The first-order chi connectivity index (χ1) is 33.2. The summed E-state index contributed by atoms with van der Waals surface area (Å²) in [4.78, 5) is 15.6. The summed E-state index contributed by atoms with van der Waals surface area (Å²) in [7, 11) is 0. The Morgan fingerprint density at radius 1 is 0.254 bits per heavy atom. The molecular formula is C64H41N3. The Hall–Kier alpha value is -8.79. The van der Waals surface area contributed by atoms with E-state index in [4.69, 9.17) is 15.0 Å². The normalized spacial score (nSPS) is 12.6. The van der Waals surface area contributed by atoms with Gasteiger partial charge < -0.3 is 0 Å². The van der Waals surface area contributed by atoms with Gasteiger partial charge in [-0.15, -0.1) is 0 Å². The third-order valence-electron chi connectivity index (χ3n) is 13.8. The van der Waals surface area contributed by atoms with Gasteiger partial charge in [-0.05, 0) is 100 Å². The maximum absolute atomic E-state index is 5.26. The number of benzene rings is 11. The van der Waals surface area contributed by atoms with Crippen LogP contribution in [0.2, 0.25) is 0 Å². The molecule has 0 radical (unpaired) electrons. The zero-order valence-corrected chi connectivity index (χ0v) is 36.5. The number of rotatable bonds is 7. The number of aromatic nitrogens is 3. The topological polar surface area (TPSA) is 38.7 Å². The monoisotopic (exact) mass is 851 g/mol. The van der Waals surface area contributed by atoms with Crippen molar-refractivity contribution in [1.82, 2.24) is 15.0 Å². The highest BCUT2D eigenvalue weighted by atomic mass is 15.0. The van der Waals surface area contributed by atoms with Crippen LogP contribution in [-0.4, -0.2) is 15.0 Å². The van der Waals surface area contributed by atoms with E-state index < -0.39 is 5.41 Å². The largest absolute Gasteiger partial charge is 0.208 e. The van der Waals surface area contributed by atoms with Crippen LogP contribution in [0.25, 0.3) is 99.9 Å². The molecule has 312 valence electrons. The molecule has 11 aromatic carbocycles. The predicted octanol–water partition coefficient (Wildman–Crippen LogP) is 16.0. The molecule has 1 aliphatic carbocycles. The van der Waals surface area contributed by atoms with Gasteiger partial charge in [0.05, 0.1) is 5.41 Å². The molecule has 12 aromatic rings. The molecule has 0 spiro atoms. The van der Waals surface area contributed by atoms with Crippen LogP contribution in [0.3, 0.4) is 0 Å². The van der Waals surface area contributed by atoms with Gasteiger partial charge in [-0.1, -0.05) is 237 Å². The summed E-state index contributed by atoms with van der Waals surface area (Å²) in [6.07, 6.45) is 0. The zero-order valence-electron chi connectivity index (χ0n) is 36.5. The van der Waals surface area contributed by atoms with Gasteiger partial charge in [-0.3, -0.25) is 0 Å². The van der Waals surface area contributed by atoms with Gasteiger partial charge in [-0.25, -0.2) is 15.0 Å². The van der Waals surface area contributed by atoms with E-state index in [-0.39, 0.29) is 0 Å². The van der Waals surface area contributed by atoms with E-state index in [1.807, 2.05) is 18.2 Å². The van der Waals surface area contributed by atoms with Crippen LogP contribution >= 0.6 is 0 Å². The van der Waals surface area contributed by atoms with Gasteiger partial charge >= 0.3 is 0 Å². The first-order valence-electron chi connectivity index (χ1n) is 22.9. The Balaban J connectivity index is 0.901. The van der Waals surface area contributed by atoms with Gasteiger partial charge in [0.15, 0.2) is 17.5 Å². The molecule has 0 N–H and O–H groups in total. The third-order valence-corrected chi connectivity index (χ3v) is 13.8. The van der Waals surface area contributed by atoms with E-state index in [1.54, 1.807) is 0 Å².